The van der Waals surface area contributed by atoms with Gasteiger partial charge in [0.25, 0.3) is 0 Å². The maximum atomic E-state index is 10.7. The number of rotatable bonds is 3. The minimum atomic E-state index is -0.0672. The van der Waals surface area contributed by atoms with Gasteiger partial charge in [-0.05, 0) is 13.0 Å². The molecule has 78 valence electrons. The van der Waals surface area contributed by atoms with Gasteiger partial charge in [0.15, 0.2) is 6.29 Å². The van der Waals surface area contributed by atoms with Crippen LogP contribution in [0.2, 0.25) is 5.02 Å². The highest BCUT2D eigenvalue weighted by Crippen LogP contribution is 2.33. The second kappa shape index (κ2) is 4.80. The normalized spacial score (nSPS) is 10.5. The van der Waals surface area contributed by atoms with Crippen LogP contribution >= 0.6 is 11.6 Å². The number of aromatic hydroxyl groups is 1. The third kappa shape index (κ3) is 2.10. The number of phenols is 1. The average molecular weight is 223 g/mol. The first-order chi connectivity index (χ1) is 7.15. The zero-order chi connectivity index (χ0) is 11.4. The minimum absolute atomic E-state index is 0.0672. The topological polar surface area (TPSA) is 37.3 Å². The molecular weight excluding hydrogens is 212 g/mol. The molecule has 15 heavy (non-hydrogen) atoms. The van der Waals surface area contributed by atoms with Gasteiger partial charge in [-0.15, -0.1) is 0 Å². The summed E-state index contributed by atoms with van der Waals surface area (Å²) in [5, 5.41) is 10.2. The van der Waals surface area contributed by atoms with Crippen molar-refractivity contribution < 1.29 is 9.90 Å². The van der Waals surface area contributed by atoms with E-state index in [0.29, 0.717) is 22.4 Å². The molecule has 3 heteroatoms. The van der Waals surface area contributed by atoms with Crippen molar-refractivity contribution in [2.24, 2.45) is 0 Å². The Morgan fingerprint density at radius 3 is 2.60 bits per heavy atom. The van der Waals surface area contributed by atoms with Crippen molar-refractivity contribution in [2.75, 3.05) is 0 Å². The van der Waals surface area contributed by atoms with Crippen molar-refractivity contribution >= 4 is 30.0 Å². The molecule has 0 spiro atoms. The number of hydrogen-bond donors (Lipinski definition) is 1. The van der Waals surface area contributed by atoms with Gasteiger partial charge in [0, 0.05) is 16.1 Å². The molecule has 1 N–H and O–H groups in total. The summed E-state index contributed by atoms with van der Waals surface area (Å²) in [4.78, 5) is 10.7. The predicted octanol–water partition coefficient (Wildman–Crippen LogP) is 3.53. The number of hydrogen-bond acceptors (Lipinski definition) is 2. The van der Waals surface area contributed by atoms with Crippen molar-refractivity contribution in [3.05, 3.63) is 40.4 Å². The lowest BCUT2D eigenvalue weighted by Crippen LogP contribution is -1.90. The smallest absolute Gasteiger partial charge is 0.153 e. The Morgan fingerprint density at radius 1 is 1.47 bits per heavy atom. The maximum absolute atomic E-state index is 10.7. The minimum Gasteiger partial charge on any atom is -0.507 e. The lowest BCUT2D eigenvalue weighted by Gasteiger charge is -2.08. The van der Waals surface area contributed by atoms with Crippen LogP contribution in [-0.2, 0) is 0 Å². The van der Waals surface area contributed by atoms with Gasteiger partial charge in [0.2, 0.25) is 0 Å². The highest BCUT2D eigenvalue weighted by molar-refractivity contribution is 6.32. The highest BCUT2D eigenvalue weighted by atomic mass is 35.5. The fourth-order valence-electron chi connectivity index (χ4n) is 1.33. The Kier molecular flexibility index (Phi) is 3.69. The van der Waals surface area contributed by atoms with E-state index in [9.17, 15) is 9.90 Å². The summed E-state index contributed by atoms with van der Waals surface area (Å²) in [7, 11) is 0. The number of phenolic OH excluding ortho intramolecular Hbond substituents is 1. The average Bonchev–Trinajstić information content (AvgIpc) is 2.23. The third-order valence-corrected chi connectivity index (χ3v) is 2.34. The molecule has 0 heterocycles. The molecule has 0 amide bonds. The van der Waals surface area contributed by atoms with Gasteiger partial charge in [-0.1, -0.05) is 36.4 Å². The molecule has 0 aromatic heterocycles. The van der Waals surface area contributed by atoms with E-state index in [-0.39, 0.29) is 11.3 Å². The van der Waals surface area contributed by atoms with Crippen molar-refractivity contribution in [3.8, 4) is 5.75 Å². The zero-order valence-corrected chi connectivity index (χ0v) is 9.08. The first kappa shape index (κ1) is 11.5. The fraction of sp³-hybridized carbons (Fsp3) is 0.0833. The van der Waals surface area contributed by atoms with E-state index in [0.717, 1.165) is 0 Å². The van der Waals surface area contributed by atoms with Crippen molar-refractivity contribution in [1.82, 2.24) is 0 Å². The first-order valence-electron chi connectivity index (χ1n) is 4.41. The number of allylic oxidation sites excluding steroid dienone is 1. The monoisotopic (exact) mass is 222 g/mol. The van der Waals surface area contributed by atoms with E-state index in [1.165, 1.54) is 6.07 Å². The molecule has 0 bridgehead atoms. The van der Waals surface area contributed by atoms with Crippen LogP contribution in [0.4, 0.5) is 0 Å². The summed E-state index contributed by atoms with van der Waals surface area (Å²) >= 11 is 5.95. The van der Waals surface area contributed by atoms with E-state index in [2.05, 4.69) is 6.58 Å². The lowest BCUT2D eigenvalue weighted by atomic mass is 10.0. The summed E-state index contributed by atoms with van der Waals surface area (Å²) in [6.45, 7) is 5.43. The molecule has 1 aromatic carbocycles. The van der Waals surface area contributed by atoms with Crippen LogP contribution in [0.3, 0.4) is 0 Å². The molecule has 1 aromatic rings. The van der Waals surface area contributed by atoms with Gasteiger partial charge in [0.05, 0.1) is 5.56 Å². The van der Waals surface area contributed by atoms with Gasteiger partial charge < -0.3 is 5.11 Å². The van der Waals surface area contributed by atoms with Gasteiger partial charge in [-0.2, -0.15) is 0 Å². The van der Waals surface area contributed by atoms with Gasteiger partial charge >= 0.3 is 0 Å². The van der Waals surface area contributed by atoms with Crippen LogP contribution in [-0.4, -0.2) is 11.4 Å². The molecule has 0 aliphatic heterocycles. The number of aldehydes is 1. The standard InChI is InChI=1S/C12H11ClO2/c1-3-5-10-9(4-2)11(13)6-8(7-14)12(10)15/h3-7,15H,2H2,1H3/b5-3-. The van der Waals surface area contributed by atoms with E-state index >= 15 is 0 Å². The summed E-state index contributed by atoms with van der Waals surface area (Å²) in [5.41, 5.74) is 1.32. The SMILES string of the molecule is C=Cc1c(Cl)cc(C=O)c(O)c1/C=C\C. The quantitative estimate of drug-likeness (QED) is 0.795. The lowest BCUT2D eigenvalue weighted by molar-refractivity contribution is 0.112. The fourth-order valence-corrected chi connectivity index (χ4v) is 1.62. The molecule has 0 aliphatic rings. The molecule has 0 saturated heterocycles. The van der Waals surface area contributed by atoms with Crippen molar-refractivity contribution in [1.29, 1.82) is 0 Å². The summed E-state index contributed by atoms with van der Waals surface area (Å²) in [6, 6.07) is 1.42. The molecular formula is C12H11ClO2. The van der Waals surface area contributed by atoms with Crippen molar-refractivity contribution in [2.45, 2.75) is 6.92 Å². The van der Waals surface area contributed by atoms with E-state index in [1.807, 2.05) is 6.92 Å². The van der Waals surface area contributed by atoms with E-state index in [1.54, 1.807) is 18.2 Å². The molecule has 0 aliphatic carbocycles. The molecule has 0 fully saturated rings. The zero-order valence-electron chi connectivity index (χ0n) is 8.33. The number of halogens is 1. The molecule has 0 unspecified atom stereocenters. The van der Waals surface area contributed by atoms with Crippen LogP contribution in [0.15, 0.2) is 18.7 Å². The Hall–Kier alpha value is -1.54. The molecule has 2 nitrogen and oxygen atoms in total. The summed E-state index contributed by atoms with van der Waals surface area (Å²) in [5.74, 6) is -0.0672. The van der Waals surface area contributed by atoms with Crippen LogP contribution in [0, 0.1) is 0 Å². The Bertz CT molecular complexity index is 434. The molecule has 0 radical (unpaired) electrons. The summed E-state index contributed by atoms with van der Waals surface area (Å²) < 4.78 is 0. The Labute approximate surface area is 93.5 Å². The number of carbonyl (C=O) groups excluding carboxylic acids is 1. The van der Waals surface area contributed by atoms with Crippen LogP contribution < -0.4 is 0 Å². The third-order valence-electron chi connectivity index (χ3n) is 2.02. The van der Waals surface area contributed by atoms with Gasteiger partial charge in [-0.25, -0.2) is 0 Å². The molecule has 1 rings (SSSR count). The number of carbonyl (C=O) groups is 1. The van der Waals surface area contributed by atoms with Gasteiger partial charge in [-0.3, -0.25) is 4.79 Å². The van der Waals surface area contributed by atoms with Crippen LogP contribution in [0.5, 0.6) is 5.75 Å². The summed E-state index contributed by atoms with van der Waals surface area (Å²) in [6.07, 6.45) is 5.56. The predicted molar refractivity (Wildman–Crippen MR) is 63.3 cm³/mol. The van der Waals surface area contributed by atoms with E-state index < -0.39 is 0 Å². The van der Waals surface area contributed by atoms with Crippen LogP contribution in [0.1, 0.15) is 28.4 Å². The second-order valence-electron chi connectivity index (χ2n) is 2.95. The number of benzene rings is 1. The highest BCUT2D eigenvalue weighted by Gasteiger charge is 2.12. The van der Waals surface area contributed by atoms with Crippen LogP contribution in [0.25, 0.3) is 12.2 Å². The second-order valence-corrected chi connectivity index (χ2v) is 3.35. The Balaban J connectivity index is 3.61. The Morgan fingerprint density at radius 2 is 2.13 bits per heavy atom. The maximum Gasteiger partial charge on any atom is 0.153 e. The molecule has 0 atom stereocenters. The van der Waals surface area contributed by atoms with Gasteiger partial charge in [0.1, 0.15) is 5.75 Å². The molecule has 0 saturated carbocycles. The largest absolute Gasteiger partial charge is 0.507 e. The van der Waals surface area contributed by atoms with Crippen molar-refractivity contribution in [3.63, 3.8) is 0 Å². The van der Waals surface area contributed by atoms with E-state index in [4.69, 9.17) is 11.6 Å². The first-order valence-corrected chi connectivity index (χ1v) is 4.79.